The number of hydrogen-bond donors (Lipinski definition) is 1. The first-order valence-corrected chi connectivity index (χ1v) is 6.68. The minimum Gasteiger partial charge on any atom is -0.459 e. The lowest BCUT2D eigenvalue weighted by Gasteiger charge is -2.19. The Kier molecular flexibility index (Phi) is 4.93. The molecule has 0 aliphatic rings. The predicted octanol–water partition coefficient (Wildman–Crippen LogP) is 2.68. The molecule has 0 radical (unpaired) electrons. The molecule has 1 aromatic rings. The average molecular weight is 277 g/mol. The number of nitrogens with one attached hydrogen (secondary N) is 1. The number of rotatable bonds is 3. The van der Waals surface area contributed by atoms with Crippen LogP contribution in [0.5, 0.6) is 0 Å². The molecule has 0 bridgehead atoms. The van der Waals surface area contributed by atoms with Crippen molar-refractivity contribution in [2.75, 3.05) is 6.54 Å². The van der Waals surface area contributed by atoms with Crippen LogP contribution in [-0.2, 0) is 9.53 Å². The number of hydrogen-bond acceptors (Lipinski definition) is 3. The summed E-state index contributed by atoms with van der Waals surface area (Å²) in [7, 11) is 0. The summed E-state index contributed by atoms with van der Waals surface area (Å²) in [4.78, 5) is 23.7. The summed E-state index contributed by atoms with van der Waals surface area (Å²) < 4.78 is 5.15. The topological polar surface area (TPSA) is 55.4 Å². The molecule has 0 saturated carbocycles. The third kappa shape index (κ3) is 4.68. The Bertz CT molecular complexity index is 504. The molecule has 0 aliphatic heterocycles. The molecule has 0 unspecified atom stereocenters. The summed E-state index contributed by atoms with van der Waals surface area (Å²) >= 11 is 0. The number of amides is 1. The van der Waals surface area contributed by atoms with Crippen LogP contribution >= 0.6 is 0 Å². The van der Waals surface area contributed by atoms with Gasteiger partial charge in [0.2, 0.25) is 0 Å². The van der Waals surface area contributed by atoms with Gasteiger partial charge < -0.3 is 10.1 Å². The molecule has 1 aromatic carbocycles. The monoisotopic (exact) mass is 277 g/mol. The summed E-state index contributed by atoms with van der Waals surface area (Å²) in [5, 5.41) is 2.61. The summed E-state index contributed by atoms with van der Waals surface area (Å²) in [5.74, 6) is -0.681. The van der Waals surface area contributed by atoms with E-state index < -0.39 is 11.6 Å². The maximum atomic E-state index is 12.1. The summed E-state index contributed by atoms with van der Waals surface area (Å²) in [5.41, 5.74) is 3.01. The fourth-order valence-corrected chi connectivity index (χ4v) is 2.16. The number of ether oxygens (including phenoxy) is 1. The molecule has 1 rings (SSSR count). The molecular weight excluding hydrogens is 254 g/mol. The molecule has 0 heterocycles. The van der Waals surface area contributed by atoms with Gasteiger partial charge in [0.1, 0.15) is 12.1 Å². The van der Waals surface area contributed by atoms with E-state index in [0.717, 1.165) is 16.7 Å². The molecule has 4 heteroatoms. The van der Waals surface area contributed by atoms with Crippen molar-refractivity contribution >= 4 is 11.9 Å². The zero-order chi connectivity index (χ0) is 15.5. The van der Waals surface area contributed by atoms with Gasteiger partial charge in [-0.15, -0.1) is 0 Å². The highest BCUT2D eigenvalue weighted by molar-refractivity contribution is 5.98. The summed E-state index contributed by atoms with van der Waals surface area (Å²) in [6, 6.07) is 3.91. The second-order valence-electron chi connectivity index (χ2n) is 6.04. The van der Waals surface area contributed by atoms with E-state index >= 15 is 0 Å². The van der Waals surface area contributed by atoms with Crippen molar-refractivity contribution in [1.29, 1.82) is 0 Å². The Morgan fingerprint density at radius 2 is 1.60 bits per heavy atom. The van der Waals surface area contributed by atoms with Crippen molar-refractivity contribution in [2.24, 2.45) is 0 Å². The number of esters is 1. The van der Waals surface area contributed by atoms with Gasteiger partial charge in [0.15, 0.2) is 0 Å². The van der Waals surface area contributed by atoms with Gasteiger partial charge in [-0.2, -0.15) is 0 Å². The lowest BCUT2D eigenvalue weighted by atomic mass is 9.99. The molecular formula is C16H23NO3. The first-order chi connectivity index (χ1) is 9.10. The van der Waals surface area contributed by atoms with E-state index in [9.17, 15) is 9.59 Å². The molecule has 0 fully saturated rings. The van der Waals surface area contributed by atoms with Crippen molar-refractivity contribution in [1.82, 2.24) is 5.32 Å². The van der Waals surface area contributed by atoms with Gasteiger partial charge in [0.25, 0.3) is 5.91 Å². The largest absolute Gasteiger partial charge is 0.459 e. The fourth-order valence-electron chi connectivity index (χ4n) is 2.16. The first kappa shape index (κ1) is 16.2. The predicted molar refractivity (Wildman–Crippen MR) is 78.8 cm³/mol. The van der Waals surface area contributed by atoms with Crippen LogP contribution in [-0.4, -0.2) is 24.0 Å². The van der Waals surface area contributed by atoms with Gasteiger partial charge in [-0.3, -0.25) is 9.59 Å². The highest BCUT2D eigenvalue weighted by atomic mass is 16.6. The van der Waals surface area contributed by atoms with Gasteiger partial charge in [-0.1, -0.05) is 17.7 Å². The molecule has 0 spiro atoms. The first-order valence-electron chi connectivity index (χ1n) is 6.68. The molecule has 1 amide bonds. The Morgan fingerprint density at radius 1 is 1.10 bits per heavy atom. The second-order valence-corrected chi connectivity index (χ2v) is 6.04. The fraction of sp³-hybridized carbons (Fsp3) is 0.500. The van der Waals surface area contributed by atoms with E-state index in [-0.39, 0.29) is 12.5 Å². The van der Waals surface area contributed by atoms with Crippen LogP contribution in [0.4, 0.5) is 0 Å². The quantitative estimate of drug-likeness (QED) is 0.864. The van der Waals surface area contributed by atoms with Crippen LogP contribution in [0.2, 0.25) is 0 Å². The van der Waals surface area contributed by atoms with Crippen LogP contribution in [0.3, 0.4) is 0 Å². The standard InChI is InChI=1S/C16H23NO3/c1-10-7-11(2)14(12(3)8-10)15(19)17-9-13(18)20-16(4,5)6/h7-8H,9H2,1-6H3,(H,17,19). The maximum absolute atomic E-state index is 12.1. The zero-order valence-corrected chi connectivity index (χ0v) is 13.1. The van der Waals surface area contributed by atoms with E-state index in [1.54, 1.807) is 20.8 Å². The number of benzene rings is 1. The molecule has 110 valence electrons. The number of carbonyl (C=O) groups is 2. The molecule has 0 atom stereocenters. The highest BCUT2D eigenvalue weighted by Crippen LogP contribution is 2.16. The van der Waals surface area contributed by atoms with Crippen LogP contribution < -0.4 is 5.32 Å². The number of aryl methyl sites for hydroxylation is 3. The zero-order valence-electron chi connectivity index (χ0n) is 13.1. The number of carbonyl (C=O) groups excluding carboxylic acids is 2. The smallest absolute Gasteiger partial charge is 0.325 e. The van der Waals surface area contributed by atoms with Crippen LogP contribution in [0.15, 0.2) is 12.1 Å². The van der Waals surface area contributed by atoms with Gasteiger partial charge in [-0.05, 0) is 52.7 Å². The Balaban J connectivity index is 2.71. The van der Waals surface area contributed by atoms with Crippen molar-refractivity contribution in [3.8, 4) is 0 Å². The molecule has 0 aliphatic carbocycles. The van der Waals surface area contributed by atoms with Gasteiger partial charge >= 0.3 is 5.97 Å². The summed E-state index contributed by atoms with van der Waals surface area (Å²) in [6.07, 6.45) is 0. The second kappa shape index (κ2) is 6.07. The summed E-state index contributed by atoms with van der Waals surface area (Å²) in [6.45, 7) is 11.0. The minimum atomic E-state index is -0.544. The Labute approximate surface area is 120 Å². The van der Waals surface area contributed by atoms with Crippen LogP contribution in [0, 0.1) is 20.8 Å². The molecule has 4 nitrogen and oxygen atoms in total. The van der Waals surface area contributed by atoms with E-state index in [4.69, 9.17) is 4.74 Å². The van der Waals surface area contributed by atoms with Crippen molar-refractivity contribution in [2.45, 2.75) is 47.1 Å². The lowest BCUT2D eigenvalue weighted by Crippen LogP contribution is -2.35. The van der Waals surface area contributed by atoms with Crippen molar-refractivity contribution in [3.63, 3.8) is 0 Å². The SMILES string of the molecule is Cc1cc(C)c(C(=O)NCC(=O)OC(C)(C)C)c(C)c1. The Morgan fingerprint density at radius 3 is 2.05 bits per heavy atom. The Hall–Kier alpha value is -1.84. The van der Waals surface area contributed by atoms with Gasteiger partial charge in [0.05, 0.1) is 0 Å². The van der Waals surface area contributed by atoms with E-state index in [2.05, 4.69) is 5.32 Å². The molecule has 0 aromatic heterocycles. The van der Waals surface area contributed by atoms with Crippen LogP contribution in [0.1, 0.15) is 47.8 Å². The maximum Gasteiger partial charge on any atom is 0.325 e. The van der Waals surface area contributed by atoms with Crippen molar-refractivity contribution in [3.05, 3.63) is 34.4 Å². The van der Waals surface area contributed by atoms with Crippen LogP contribution in [0.25, 0.3) is 0 Å². The van der Waals surface area contributed by atoms with E-state index in [0.29, 0.717) is 5.56 Å². The van der Waals surface area contributed by atoms with Crippen molar-refractivity contribution < 1.29 is 14.3 Å². The molecule has 1 N–H and O–H groups in total. The normalized spacial score (nSPS) is 11.1. The van der Waals surface area contributed by atoms with Gasteiger partial charge in [0, 0.05) is 5.56 Å². The lowest BCUT2D eigenvalue weighted by molar-refractivity contribution is -0.153. The van der Waals surface area contributed by atoms with Gasteiger partial charge in [-0.25, -0.2) is 0 Å². The third-order valence-electron chi connectivity index (χ3n) is 2.72. The minimum absolute atomic E-state index is 0.122. The highest BCUT2D eigenvalue weighted by Gasteiger charge is 2.18. The molecule has 0 saturated heterocycles. The third-order valence-corrected chi connectivity index (χ3v) is 2.72. The average Bonchev–Trinajstić information content (AvgIpc) is 2.22. The van der Waals surface area contributed by atoms with E-state index in [1.807, 2.05) is 32.9 Å². The van der Waals surface area contributed by atoms with E-state index in [1.165, 1.54) is 0 Å². The molecule has 20 heavy (non-hydrogen) atoms.